The van der Waals surface area contributed by atoms with E-state index in [0.29, 0.717) is 38.3 Å². The summed E-state index contributed by atoms with van der Waals surface area (Å²) >= 11 is 0. The van der Waals surface area contributed by atoms with Crippen LogP contribution in [-0.2, 0) is 11.2 Å². The highest BCUT2D eigenvalue weighted by Gasteiger charge is 2.32. The SMILES string of the molecule is CCCN1CCN(C(=O)c2cnc[nH]2)C[C@@H](Cc2ccc(-c3ccccc3)cc2)C1=O. The average molecular weight is 417 g/mol. The molecular weight excluding hydrogens is 388 g/mol. The first-order valence-corrected chi connectivity index (χ1v) is 10.9. The minimum atomic E-state index is -0.261. The van der Waals surface area contributed by atoms with Crippen molar-refractivity contribution >= 4 is 11.8 Å². The number of H-pyrrole nitrogens is 1. The number of carbonyl (C=O) groups is 2. The first kappa shape index (κ1) is 20.8. The summed E-state index contributed by atoms with van der Waals surface area (Å²) in [7, 11) is 0. The molecule has 0 saturated carbocycles. The van der Waals surface area contributed by atoms with Crippen LogP contribution in [-0.4, -0.2) is 57.8 Å². The van der Waals surface area contributed by atoms with Crippen LogP contribution in [0.1, 0.15) is 29.4 Å². The number of imidazole rings is 1. The molecule has 0 spiro atoms. The van der Waals surface area contributed by atoms with Crippen molar-refractivity contribution in [1.29, 1.82) is 0 Å². The summed E-state index contributed by atoms with van der Waals surface area (Å²) in [6, 6.07) is 18.6. The fraction of sp³-hybridized carbons (Fsp3) is 0.320. The standard InChI is InChI=1S/C25H28N4O2/c1-2-12-28-13-14-29(25(31)23-16-26-18-27-23)17-22(24(28)30)15-19-8-10-21(11-9-19)20-6-4-3-5-7-20/h3-11,16,18,22H,2,12-15,17H2,1H3,(H,26,27)/t22-/m1/s1. The number of rotatable bonds is 6. The summed E-state index contributed by atoms with van der Waals surface area (Å²) < 4.78 is 0. The van der Waals surface area contributed by atoms with Crippen LogP contribution in [0.4, 0.5) is 0 Å². The first-order chi connectivity index (χ1) is 15.2. The molecule has 6 heteroatoms. The van der Waals surface area contributed by atoms with E-state index in [9.17, 15) is 9.59 Å². The molecule has 1 atom stereocenters. The van der Waals surface area contributed by atoms with Gasteiger partial charge in [0.15, 0.2) is 0 Å². The molecule has 0 bridgehead atoms. The molecule has 1 N–H and O–H groups in total. The lowest BCUT2D eigenvalue weighted by molar-refractivity contribution is -0.134. The molecule has 0 radical (unpaired) electrons. The van der Waals surface area contributed by atoms with Crippen molar-refractivity contribution in [2.24, 2.45) is 5.92 Å². The molecule has 1 saturated heterocycles. The van der Waals surface area contributed by atoms with Gasteiger partial charge in [0, 0.05) is 26.2 Å². The van der Waals surface area contributed by atoms with Gasteiger partial charge in [0.05, 0.1) is 18.4 Å². The van der Waals surface area contributed by atoms with Crippen LogP contribution < -0.4 is 0 Å². The topological polar surface area (TPSA) is 69.3 Å². The lowest BCUT2D eigenvalue weighted by Gasteiger charge is -2.23. The Bertz CT molecular complexity index is 1000. The van der Waals surface area contributed by atoms with E-state index in [2.05, 4.69) is 53.3 Å². The van der Waals surface area contributed by atoms with E-state index in [0.717, 1.165) is 17.5 Å². The molecule has 2 heterocycles. The number of benzene rings is 2. The molecule has 1 fully saturated rings. The number of amides is 2. The van der Waals surface area contributed by atoms with Gasteiger partial charge in [-0.15, -0.1) is 0 Å². The number of hydrogen-bond donors (Lipinski definition) is 1. The normalized spacial score (nSPS) is 16.9. The van der Waals surface area contributed by atoms with Gasteiger partial charge in [-0.1, -0.05) is 61.5 Å². The summed E-state index contributed by atoms with van der Waals surface area (Å²) in [6.45, 7) is 4.30. The van der Waals surface area contributed by atoms with Gasteiger partial charge >= 0.3 is 0 Å². The maximum Gasteiger partial charge on any atom is 0.271 e. The zero-order chi connectivity index (χ0) is 21.6. The van der Waals surface area contributed by atoms with Crippen molar-refractivity contribution in [3.63, 3.8) is 0 Å². The molecule has 1 aromatic heterocycles. The summed E-state index contributed by atoms with van der Waals surface area (Å²) in [5.41, 5.74) is 3.89. The van der Waals surface area contributed by atoms with Crippen molar-refractivity contribution < 1.29 is 9.59 Å². The summed E-state index contributed by atoms with van der Waals surface area (Å²) in [5, 5.41) is 0. The van der Waals surface area contributed by atoms with E-state index in [4.69, 9.17) is 0 Å². The number of aromatic amines is 1. The second kappa shape index (κ2) is 9.60. The Balaban J connectivity index is 1.53. The lowest BCUT2D eigenvalue weighted by atomic mass is 9.95. The Morgan fingerprint density at radius 1 is 1.06 bits per heavy atom. The Morgan fingerprint density at radius 2 is 1.81 bits per heavy atom. The third-order valence-electron chi connectivity index (χ3n) is 5.79. The highest BCUT2D eigenvalue weighted by Crippen LogP contribution is 2.22. The summed E-state index contributed by atoms with van der Waals surface area (Å²) in [4.78, 5) is 36.7. The van der Waals surface area contributed by atoms with Gasteiger partial charge in [0.2, 0.25) is 5.91 Å². The van der Waals surface area contributed by atoms with Crippen LogP contribution in [0.5, 0.6) is 0 Å². The molecule has 0 aliphatic carbocycles. The third-order valence-corrected chi connectivity index (χ3v) is 5.79. The van der Waals surface area contributed by atoms with E-state index in [1.54, 1.807) is 4.90 Å². The quantitative estimate of drug-likeness (QED) is 0.667. The van der Waals surface area contributed by atoms with Crippen molar-refractivity contribution in [3.05, 3.63) is 78.4 Å². The predicted molar refractivity (Wildman–Crippen MR) is 120 cm³/mol. The van der Waals surface area contributed by atoms with Crippen LogP contribution >= 0.6 is 0 Å². The van der Waals surface area contributed by atoms with Gasteiger partial charge < -0.3 is 14.8 Å². The van der Waals surface area contributed by atoms with E-state index in [1.807, 2.05) is 23.1 Å². The zero-order valence-electron chi connectivity index (χ0n) is 17.8. The highest BCUT2D eigenvalue weighted by molar-refractivity contribution is 5.93. The van der Waals surface area contributed by atoms with E-state index >= 15 is 0 Å². The fourth-order valence-electron chi connectivity index (χ4n) is 4.17. The predicted octanol–water partition coefficient (Wildman–Crippen LogP) is 3.63. The van der Waals surface area contributed by atoms with Gasteiger partial charge in [0.25, 0.3) is 5.91 Å². The van der Waals surface area contributed by atoms with E-state index < -0.39 is 0 Å². The maximum absolute atomic E-state index is 13.3. The van der Waals surface area contributed by atoms with Crippen LogP contribution in [0.25, 0.3) is 11.1 Å². The molecule has 3 aromatic rings. The van der Waals surface area contributed by atoms with Crippen molar-refractivity contribution in [2.75, 3.05) is 26.2 Å². The number of aromatic nitrogens is 2. The van der Waals surface area contributed by atoms with Crippen LogP contribution in [0, 0.1) is 5.92 Å². The molecule has 6 nitrogen and oxygen atoms in total. The minimum absolute atomic E-state index is 0.104. The largest absolute Gasteiger partial charge is 0.341 e. The van der Waals surface area contributed by atoms with Crippen molar-refractivity contribution in [3.8, 4) is 11.1 Å². The number of nitrogens with one attached hydrogen (secondary N) is 1. The third kappa shape index (κ3) is 4.85. The number of carbonyl (C=O) groups excluding carboxylic acids is 2. The second-order valence-corrected chi connectivity index (χ2v) is 8.01. The Labute approximate surface area is 182 Å². The van der Waals surface area contributed by atoms with Crippen LogP contribution in [0.2, 0.25) is 0 Å². The van der Waals surface area contributed by atoms with Gasteiger partial charge in [-0.05, 0) is 29.5 Å². The zero-order valence-corrected chi connectivity index (χ0v) is 17.8. The molecule has 2 aromatic carbocycles. The average Bonchev–Trinajstić information content (AvgIpc) is 3.30. The highest BCUT2D eigenvalue weighted by atomic mass is 16.2. The molecule has 160 valence electrons. The molecular formula is C25H28N4O2. The second-order valence-electron chi connectivity index (χ2n) is 8.01. The monoisotopic (exact) mass is 416 g/mol. The lowest BCUT2D eigenvalue weighted by Crippen LogP contribution is -2.38. The molecule has 0 unspecified atom stereocenters. The number of nitrogens with zero attached hydrogens (tertiary/aromatic N) is 3. The maximum atomic E-state index is 13.3. The smallest absolute Gasteiger partial charge is 0.271 e. The molecule has 2 amide bonds. The minimum Gasteiger partial charge on any atom is -0.341 e. The number of hydrogen-bond acceptors (Lipinski definition) is 3. The van der Waals surface area contributed by atoms with Crippen molar-refractivity contribution in [1.82, 2.24) is 19.8 Å². The van der Waals surface area contributed by atoms with Gasteiger partial charge in [0.1, 0.15) is 5.69 Å². The van der Waals surface area contributed by atoms with Crippen LogP contribution in [0.15, 0.2) is 67.1 Å². The summed E-state index contributed by atoms with van der Waals surface area (Å²) in [6.07, 6.45) is 4.56. The molecule has 31 heavy (non-hydrogen) atoms. The van der Waals surface area contributed by atoms with Crippen molar-refractivity contribution in [2.45, 2.75) is 19.8 Å². The van der Waals surface area contributed by atoms with Gasteiger partial charge in [-0.2, -0.15) is 0 Å². The fourth-order valence-corrected chi connectivity index (χ4v) is 4.17. The molecule has 1 aliphatic rings. The van der Waals surface area contributed by atoms with Gasteiger partial charge in [-0.25, -0.2) is 4.98 Å². The molecule has 4 rings (SSSR count). The van der Waals surface area contributed by atoms with Gasteiger partial charge in [-0.3, -0.25) is 9.59 Å². The van der Waals surface area contributed by atoms with E-state index in [1.165, 1.54) is 18.1 Å². The van der Waals surface area contributed by atoms with E-state index in [-0.39, 0.29) is 17.7 Å². The molecule has 1 aliphatic heterocycles. The Hall–Kier alpha value is -3.41. The summed E-state index contributed by atoms with van der Waals surface area (Å²) in [5.74, 6) is -0.231. The van der Waals surface area contributed by atoms with Crippen LogP contribution in [0.3, 0.4) is 0 Å². The first-order valence-electron chi connectivity index (χ1n) is 10.9. The Kier molecular flexibility index (Phi) is 6.46. The Morgan fingerprint density at radius 3 is 2.48 bits per heavy atom.